The minimum atomic E-state index is 0.388. The first kappa shape index (κ1) is 31.1. The summed E-state index contributed by atoms with van der Waals surface area (Å²) in [6.45, 7) is 0. The van der Waals surface area contributed by atoms with Crippen molar-refractivity contribution in [3.05, 3.63) is 72.8 Å². The van der Waals surface area contributed by atoms with Gasteiger partial charge in [0.25, 0.3) is 0 Å². The molecule has 0 amide bonds. The summed E-state index contributed by atoms with van der Waals surface area (Å²) >= 11 is 1.06. The molecule has 0 N–H and O–H groups in total. The Kier molecular flexibility index (Phi) is 7.70. The van der Waals surface area contributed by atoms with Gasteiger partial charge < -0.3 is 48.9 Å². The first-order valence-corrected chi connectivity index (χ1v) is 15.8. The van der Waals surface area contributed by atoms with E-state index in [4.69, 9.17) is 62.5 Å². The van der Waals surface area contributed by atoms with Crippen molar-refractivity contribution in [1.82, 2.24) is 39.9 Å². The van der Waals surface area contributed by atoms with Gasteiger partial charge in [-0.25, -0.2) is 9.97 Å². The zero-order valence-corrected chi connectivity index (χ0v) is 28.4. The second-order valence-corrected chi connectivity index (χ2v) is 11.0. The van der Waals surface area contributed by atoms with Gasteiger partial charge in [-0.05, 0) is 35.0 Å². The summed E-state index contributed by atoms with van der Waals surface area (Å²) in [6.07, 6.45) is 0. The van der Waals surface area contributed by atoms with Crippen LogP contribution in [0.1, 0.15) is 0 Å². The van der Waals surface area contributed by atoms with Crippen molar-refractivity contribution in [2.75, 3.05) is 28.4 Å². The standard InChI is InChI=1S/C36H24N8O4.O.V/c1-45-21-13-5-9-17-25(21)33-37-29(17)42-34-27-19(11-7-15-23(27)47-3)31(39-34)44-36-28-20(12-8-16-24(28)48-4)32(40-36)43-35-26-18(30(38-35)41-33)10-6-14-22(26)46-2;;/h5-16H,1-4H3;;/q-2;;+2. The molecular weight excluding hydrogens is 675 g/mol. The molecule has 50 heavy (non-hydrogen) atoms. The number of hydrogen-bond acceptors (Lipinski definition) is 11. The Hall–Kier alpha value is -6.18. The summed E-state index contributed by atoms with van der Waals surface area (Å²) in [5.74, 6) is 3.98. The number of rotatable bonds is 4. The van der Waals surface area contributed by atoms with Gasteiger partial charge in [0.1, 0.15) is 23.0 Å². The Balaban J connectivity index is 0.00000177. The van der Waals surface area contributed by atoms with Crippen molar-refractivity contribution in [1.29, 1.82) is 0 Å². The van der Waals surface area contributed by atoms with E-state index in [1.54, 1.807) is 28.4 Å². The maximum absolute atomic E-state index is 8.19. The van der Waals surface area contributed by atoms with Crippen LogP contribution in [0.5, 0.6) is 23.0 Å². The second kappa shape index (κ2) is 12.4. The summed E-state index contributed by atoms with van der Waals surface area (Å²) in [6, 6.07) is 22.7. The average molecular weight is 700 g/mol. The molecule has 243 valence electrons. The molecule has 0 atom stereocenters. The minimum absolute atomic E-state index is 0.388. The number of hydrogen-bond donors (Lipinski definition) is 0. The van der Waals surface area contributed by atoms with E-state index in [0.29, 0.717) is 90.8 Å². The average Bonchev–Trinajstić information content (AvgIpc) is 3.91. The molecule has 4 aromatic carbocycles. The van der Waals surface area contributed by atoms with Crippen LogP contribution in [0.3, 0.4) is 0 Å². The Bertz CT molecular complexity index is 2490. The van der Waals surface area contributed by atoms with E-state index in [0.717, 1.165) is 39.3 Å². The zero-order valence-electron chi connectivity index (χ0n) is 27.0. The van der Waals surface area contributed by atoms with Crippen LogP contribution in [0.2, 0.25) is 0 Å². The van der Waals surface area contributed by atoms with E-state index >= 15 is 0 Å². The molecule has 14 heteroatoms. The Labute approximate surface area is 292 Å². The van der Waals surface area contributed by atoms with E-state index in [1.807, 2.05) is 72.8 Å². The molecule has 9 rings (SSSR count). The molecule has 0 saturated carbocycles. The Morgan fingerprint density at radius 2 is 0.800 bits per heavy atom. The fraction of sp³-hybridized carbons (Fsp3) is 0.111. The van der Waals surface area contributed by atoms with Crippen molar-refractivity contribution in [2.45, 2.75) is 0 Å². The molecule has 0 unspecified atom stereocenters. The van der Waals surface area contributed by atoms with E-state index in [-0.39, 0.29) is 0 Å². The van der Waals surface area contributed by atoms with E-state index in [1.165, 1.54) is 0 Å². The maximum atomic E-state index is 8.19. The van der Waals surface area contributed by atoms with E-state index < -0.39 is 0 Å². The van der Waals surface area contributed by atoms with Gasteiger partial charge in [-0.3, -0.25) is 0 Å². The summed E-state index contributed by atoms with van der Waals surface area (Å²) < 4.78 is 31.3. The number of nitrogens with zero attached hydrogens (tertiary/aromatic N) is 8. The van der Waals surface area contributed by atoms with Gasteiger partial charge in [-0.1, -0.05) is 48.5 Å². The van der Waals surface area contributed by atoms with Gasteiger partial charge in [0, 0.05) is 44.5 Å². The number of fused-ring (bicyclic) bond motifs is 20. The van der Waals surface area contributed by atoms with Crippen molar-refractivity contribution in [3.63, 3.8) is 0 Å². The van der Waals surface area contributed by atoms with E-state index in [9.17, 15) is 0 Å². The molecule has 0 saturated heterocycles. The van der Waals surface area contributed by atoms with Gasteiger partial charge in [-0.15, -0.1) is 0 Å². The number of benzene rings is 4. The predicted octanol–water partition coefficient (Wildman–Crippen LogP) is 6.04. The normalized spacial score (nSPS) is 11.4. The molecule has 13 nitrogen and oxygen atoms in total. The molecule has 0 fully saturated rings. The third-order valence-corrected chi connectivity index (χ3v) is 8.54. The fourth-order valence-electron chi connectivity index (χ4n) is 6.40. The first-order valence-electron chi connectivity index (χ1n) is 15.2. The van der Waals surface area contributed by atoms with Crippen LogP contribution in [-0.4, -0.2) is 58.3 Å². The van der Waals surface area contributed by atoms with Crippen LogP contribution in [0.4, 0.5) is 0 Å². The van der Waals surface area contributed by atoms with Crippen LogP contribution < -0.4 is 28.9 Å². The third-order valence-electron chi connectivity index (χ3n) is 8.54. The Morgan fingerprint density at radius 3 is 1.20 bits per heavy atom. The van der Waals surface area contributed by atoms with Crippen LogP contribution in [0.25, 0.3) is 89.7 Å². The summed E-state index contributed by atoms with van der Waals surface area (Å²) in [5.41, 5.74) is 4.44. The molecule has 7 aromatic rings. The SMILES string of the molecule is COc1cccc2c1-c1nc-2nc2[n-]c(nc3nc(nc4[n-]c(n1)c1cccc(OC)c41)-c1cccc(OC)c1-3)c1cccc(OC)c21.[O]=[V+2]. The monoisotopic (exact) mass is 699 g/mol. The van der Waals surface area contributed by atoms with Gasteiger partial charge in [0.05, 0.1) is 62.9 Å². The molecule has 3 aromatic heterocycles. The number of aromatic nitrogens is 8. The van der Waals surface area contributed by atoms with Crippen LogP contribution in [0.15, 0.2) is 72.8 Å². The van der Waals surface area contributed by atoms with Gasteiger partial charge in [0.2, 0.25) is 0 Å². The van der Waals surface area contributed by atoms with Crippen molar-refractivity contribution < 1.29 is 40.0 Å². The molecule has 0 spiro atoms. The summed E-state index contributed by atoms with van der Waals surface area (Å²) in [7, 11) is 6.45. The van der Waals surface area contributed by atoms with Crippen LogP contribution >= 0.6 is 0 Å². The second-order valence-electron chi connectivity index (χ2n) is 11.0. The van der Waals surface area contributed by atoms with Crippen molar-refractivity contribution >= 4 is 44.1 Å². The number of methoxy groups -OCH3 is 4. The van der Waals surface area contributed by atoms with Crippen LogP contribution in [0, 0.1) is 0 Å². The first-order chi connectivity index (χ1) is 24.6. The van der Waals surface area contributed by atoms with Gasteiger partial charge in [0.15, 0.2) is 0 Å². The molecular formula is C36H24N8O5V. The van der Waals surface area contributed by atoms with Gasteiger partial charge in [-0.2, -0.15) is 0 Å². The van der Waals surface area contributed by atoms with Crippen LogP contribution in [-0.2, 0) is 21.0 Å². The topological polar surface area (TPSA) is 160 Å². The predicted molar refractivity (Wildman–Crippen MR) is 181 cm³/mol. The molecule has 2 aliphatic heterocycles. The fourth-order valence-corrected chi connectivity index (χ4v) is 6.40. The molecule has 0 radical (unpaired) electrons. The number of ether oxygens (including phenoxy) is 4. The molecule has 8 bridgehead atoms. The summed E-state index contributed by atoms with van der Waals surface area (Å²) in [5, 5.41) is 2.85. The van der Waals surface area contributed by atoms with Crippen molar-refractivity contribution in [3.8, 4) is 68.5 Å². The van der Waals surface area contributed by atoms with Gasteiger partial charge >= 0.3 is 21.0 Å². The molecule has 5 heterocycles. The molecule has 0 aliphatic carbocycles. The third kappa shape index (κ3) is 4.70. The Morgan fingerprint density at radius 1 is 0.440 bits per heavy atom. The quantitative estimate of drug-likeness (QED) is 0.209. The van der Waals surface area contributed by atoms with E-state index in [2.05, 4.69) is 0 Å². The van der Waals surface area contributed by atoms with Crippen molar-refractivity contribution in [2.24, 2.45) is 0 Å². The molecule has 2 aliphatic rings. The zero-order chi connectivity index (χ0) is 34.5. The summed E-state index contributed by atoms with van der Waals surface area (Å²) in [4.78, 5) is 39.8.